The predicted octanol–water partition coefficient (Wildman–Crippen LogP) is 1.79. The molecule has 0 radical (unpaired) electrons. The molecule has 3 nitrogen and oxygen atoms in total. The van der Waals surface area contributed by atoms with Gasteiger partial charge in [-0.15, -0.1) is 0 Å². The minimum atomic E-state index is 0.842. The van der Waals surface area contributed by atoms with Gasteiger partial charge in [-0.1, -0.05) is 0 Å². The first-order valence-corrected chi connectivity index (χ1v) is 7.85. The molecular formula is C15H31N3. The normalized spacial score (nSPS) is 24.8. The molecule has 2 heterocycles. The van der Waals surface area contributed by atoms with Crippen LogP contribution < -0.4 is 5.32 Å². The number of rotatable bonds is 5. The number of nitrogens with zero attached hydrogens (tertiary/aromatic N) is 2. The van der Waals surface area contributed by atoms with Gasteiger partial charge in [0.25, 0.3) is 0 Å². The summed E-state index contributed by atoms with van der Waals surface area (Å²) in [5.74, 6) is 0.997. The lowest BCUT2D eigenvalue weighted by molar-refractivity contribution is 0.140. The molecule has 3 heteroatoms. The van der Waals surface area contributed by atoms with Crippen LogP contribution in [0.1, 0.15) is 38.5 Å². The molecule has 0 aliphatic carbocycles. The van der Waals surface area contributed by atoms with Crippen LogP contribution in [0.25, 0.3) is 0 Å². The maximum Gasteiger partial charge on any atom is 0.0117 e. The molecule has 1 N–H and O–H groups in total. The highest BCUT2D eigenvalue weighted by Crippen LogP contribution is 2.19. The highest BCUT2D eigenvalue weighted by atomic mass is 15.2. The quantitative estimate of drug-likeness (QED) is 0.806. The summed E-state index contributed by atoms with van der Waals surface area (Å²) < 4.78 is 0. The van der Waals surface area contributed by atoms with Crippen molar-refractivity contribution in [1.82, 2.24) is 15.1 Å². The van der Waals surface area contributed by atoms with E-state index < -0.39 is 0 Å². The first-order chi connectivity index (χ1) is 8.75. The molecule has 2 aliphatic rings. The Morgan fingerprint density at radius 1 is 1.11 bits per heavy atom. The molecule has 106 valence electrons. The van der Waals surface area contributed by atoms with Gasteiger partial charge in [-0.2, -0.15) is 0 Å². The zero-order chi connectivity index (χ0) is 12.8. The van der Waals surface area contributed by atoms with Crippen LogP contribution in [0.3, 0.4) is 0 Å². The third kappa shape index (κ3) is 4.52. The lowest BCUT2D eigenvalue weighted by Crippen LogP contribution is -2.42. The molecule has 2 rings (SSSR count). The molecule has 0 aromatic rings. The van der Waals surface area contributed by atoms with Gasteiger partial charge in [-0.05, 0) is 91.3 Å². The van der Waals surface area contributed by atoms with Crippen molar-refractivity contribution in [3.63, 3.8) is 0 Å². The Balaban J connectivity index is 1.57. The fourth-order valence-corrected chi connectivity index (χ4v) is 3.42. The third-order valence-corrected chi connectivity index (χ3v) is 4.89. The fraction of sp³-hybridized carbons (Fsp3) is 1.00. The van der Waals surface area contributed by atoms with Crippen molar-refractivity contribution >= 4 is 0 Å². The van der Waals surface area contributed by atoms with Gasteiger partial charge in [-0.3, -0.25) is 0 Å². The number of hydrogen-bond donors (Lipinski definition) is 1. The maximum atomic E-state index is 3.45. The molecule has 0 aromatic carbocycles. The molecule has 18 heavy (non-hydrogen) atoms. The Bertz CT molecular complexity index is 218. The largest absolute Gasteiger partial charge is 0.317 e. The van der Waals surface area contributed by atoms with Gasteiger partial charge in [-0.25, -0.2) is 0 Å². The topological polar surface area (TPSA) is 18.5 Å². The van der Waals surface area contributed by atoms with Gasteiger partial charge >= 0.3 is 0 Å². The molecule has 0 bridgehead atoms. The second-order valence-electron chi connectivity index (χ2n) is 6.35. The second kappa shape index (κ2) is 7.46. The molecule has 0 aromatic heterocycles. The summed E-state index contributed by atoms with van der Waals surface area (Å²) in [7, 11) is 4.58. The van der Waals surface area contributed by atoms with E-state index in [1.807, 2.05) is 0 Å². The van der Waals surface area contributed by atoms with Gasteiger partial charge in [0.05, 0.1) is 0 Å². The fourth-order valence-electron chi connectivity index (χ4n) is 3.42. The van der Waals surface area contributed by atoms with Crippen LogP contribution >= 0.6 is 0 Å². The third-order valence-electron chi connectivity index (χ3n) is 4.89. The first kappa shape index (κ1) is 14.3. The average Bonchev–Trinajstić information content (AvgIpc) is 2.40. The Hall–Kier alpha value is -0.120. The van der Waals surface area contributed by atoms with E-state index in [4.69, 9.17) is 0 Å². The summed E-state index contributed by atoms with van der Waals surface area (Å²) in [6, 6.07) is 0.842. The van der Waals surface area contributed by atoms with Crippen LogP contribution in [-0.4, -0.2) is 62.7 Å². The molecule has 2 aliphatic heterocycles. The van der Waals surface area contributed by atoms with Crippen LogP contribution in [0.2, 0.25) is 0 Å². The number of hydrogen-bond acceptors (Lipinski definition) is 3. The van der Waals surface area contributed by atoms with E-state index >= 15 is 0 Å². The summed E-state index contributed by atoms with van der Waals surface area (Å²) in [6.45, 7) is 6.36. The van der Waals surface area contributed by atoms with E-state index in [9.17, 15) is 0 Å². The zero-order valence-electron chi connectivity index (χ0n) is 12.3. The molecule has 0 spiro atoms. The van der Waals surface area contributed by atoms with E-state index in [-0.39, 0.29) is 0 Å². The van der Waals surface area contributed by atoms with Crippen molar-refractivity contribution in [3.8, 4) is 0 Å². The van der Waals surface area contributed by atoms with E-state index in [0.717, 1.165) is 12.0 Å². The van der Waals surface area contributed by atoms with Gasteiger partial charge in [0.2, 0.25) is 0 Å². The number of piperidine rings is 2. The van der Waals surface area contributed by atoms with Gasteiger partial charge in [0.15, 0.2) is 0 Å². The Morgan fingerprint density at radius 3 is 2.44 bits per heavy atom. The van der Waals surface area contributed by atoms with Gasteiger partial charge in [0.1, 0.15) is 0 Å². The lowest BCUT2D eigenvalue weighted by Gasteiger charge is -2.35. The second-order valence-corrected chi connectivity index (χ2v) is 6.35. The van der Waals surface area contributed by atoms with Crippen molar-refractivity contribution in [2.24, 2.45) is 5.92 Å². The maximum absolute atomic E-state index is 3.45. The molecule has 2 fully saturated rings. The van der Waals surface area contributed by atoms with E-state index in [1.165, 1.54) is 71.2 Å². The van der Waals surface area contributed by atoms with Crippen molar-refractivity contribution < 1.29 is 0 Å². The van der Waals surface area contributed by atoms with Crippen LogP contribution in [0.5, 0.6) is 0 Å². The SMILES string of the molecule is CN1CCC(N(C)CCCC2CCNCC2)CC1. The van der Waals surface area contributed by atoms with Crippen molar-refractivity contribution in [2.75, 3.05) is 46.8 Å². The minimum absolute atomic E-state index is 0.842. The Kier molecular flexibility index (Phi) is 5.93. The Morgan fingerprint density at radius 2 is 1.78 bits per heavy atom. The minimum Gasteiger partial charge on any atom is -0.317 e. The van der Waals surface area contributed by atoms with E-state index in [0.29, 0.717) is 0 Å². The zero-order valence-corrected chi connectivity index (χ0v) is 12.3. The van der Waals surface area contributed by atoms with E-state index in [1.54, 1.807) is 0 Å². The lowest BCUT2D eigenvalue weighted by atomic mass is 9.93. The van der Waals surface area contributed by atoms with Crippen LogP contribution in [0.4, 0.5) is 0 Å². The van der Waals surface area contributed by atoms with Gasteiger partial charge in [0, 0.05) is 6.04 Å². The summed E-state index contributed by atoms with van der Waals surface area (Å²) in [5.41, 5.74) is 0. The van der Waals surface area contributed by atoms with Crippen LogP contribution in [-0.2, 0) is 0 Å². The molecule has 0 atom stereocenters. The number of likely N-dealkylation sites (tertiary alicyclic amines) is 1. The monoisotopic (exact) mass is 253 g/mol. The molecule has 0 amide bonds. The van der Waals surface area contributed by atoms with Crippen LogP contribution in [0, 0.1) is 5.92 Å². The molecular weight excluding hydrogens is 222 g/mol. The predicted molar refractivity (Wildman–Crippen MR) is 78.0 cm³/mol. The summed E-state index contributed by atoms with van der Waals surface area (Å²) in [6.07, 6.45) is 8.36. The van der Waals surface area contributed by atoms with Crippen LogP contribution in [0.15, 0.2) is 0 Å². The van der Waals surface area contributed by atoms with Gasteiger partial charge < -0.3 is 15.1 Å². The van der Waals surface area contributed by atoms with Crippen molar-refractivity contribution in [2.45, 2.75) is 44.6 Å². The smallest absolute Gasteiger partial charge is 0.0117 e. The first-order valence-electron chi connectivity index (χ1n) is 7.85. The molecule has 0 unspecified atom stereocenters. The summed E-state index contributed by atoms with van der Waals surface area (Å²) >= 11 is 0. The molecule has 2 saturated heterocycles. The highest BCUT2D eigenvalue weighted by Gasteiger charge is 2.20. The summed E-state index contributed by atoms with van der Waals surface area (Å²) in [5, 5.41) is 3.45. The number of nitrogens with one attached hydrogen (secondary N) is 1. The standard InChI is InChI=1S/C15H31N3/c1-17-12-7-15(8-13-17)18(2)11-3-4-14-5-9-16-10-6-14/h14-16H,3-13H2,1-2H3. The molecule has 0 saturated carbocycles. The van der Waals surface area contributed by atoms with E-state index in [2.05, 4.69) is 29.2 Å². The Labute approximate surface area is 113 Å². The highest BCUT2D eigenvalue weighted by molar-refractivity contribution is 4.77. The summed E-state index contributed by atoms with van der Waals surface area (Å²) in [4.78, 5) is 5.08. The van der Waals surface area contributed by atoms with Crippen molar-refractivity contribution in [1.29, 1.82) is 0 Å². The average molecular weight is 253 g/mol. The van der Waals surface area contributed by atoms with Crippen molar-refractivity contribution in [3.05, 3.63) is 0 Å².